The van der Waals surface area contributed by atoms with Gasteiger partial charge in [-0.3, -0.25) is 4.79 Å². The van der Waals surface area contributed by atoms with Gasteiger partial charge in [-0.15, -0.1) is 12.4 Å². The smallest absolute Gasteiger partial charge is 0.223 e. The van der Waals surface area contributed by atoms with Crippen LogP contribution in [0.3, 0.4) is 0 Å². The quantitative estimate of drug-likeness (QED) is 0.786. The Morgan fingerprint density at radius 2 is 1.95 bits per heavy atom. The maximum absolute atomic E-state index is 12.2. The molecule has 3 rings (SSSR count). The van der Waals surface area contributed by atoms with E-state index >= 15 is 0 Å². The lowest BCUT2D eigenvalue weighted by Gasteiger charge is -2.35. The molecule has 0 saturated carbocycles. The highest BCUT2D eigenvalue weighted by molar-refractivity contribution is 5.85. The van der Waals surface area contributed by atoms with Crippen molar-refractivity contribution >= 4 is 18.3 Å². The lowest BCUT2D eigenvalue weighted by atomic mass is 9.81. The second-order valence-electron chi connectivity index (χ2n) is 5.58. The van der Waals surface area contributed by atoms with E-state index in [1.54, 1.807) is 0 Å². The van der Waals surface area contributed by atoms with Crippen molar-refractivity contribution in [2.45, 2.75) is 6.42 Å². The topological polar surface area (TPSA) is 50.8 Å². The molecule has 0 aromatic rings. The molecule has 5 nitrogen and oxygen atoms in total. The van der Waals surface area contributed by atoms with Gasteiger partial charge >= 0.3 is 0 Å². The van der Waals surface area contributed by atoms with Crippen LogP contribution in [0.2, 0.25) is 0 Å². The third-order valence-electron chi connectivity index (χ3n) is 4.46. The second-order valence-corrected chi connectivity index (χ2v) is 5.58. The maximum Gasteiger partial charge on any atom is 0.223 e. The van der Waals surface area contributed by atoms with Crippen molar-refractivity contribution in [2.75, 3.05) is 52.6 Å². The molecule has 0 aromatic heterocycles. The van der Waals surface area contributed by atoms with Gasteiger partial charge < -0.3 is 19.7 Å². The molecule has 3 aliphatic rings. The maximum atomic E-state index is 12.2. The number of hydrogen-bond acceptors (Lipinski definition) is 4. The van der Waals surface area contributed by atoms with Crippen molar-refractivity contribution in [3.8, 4) is 0 Å². The van der Waals surface area contributed by atoms with Crippen molar-refractivity contribution in [3.05, 3.63) is 0 Å². The molecule has 0 aliphatic carbocycles. The molecule has 1 amide bonds. The normalized spacial score (nSPS) is 34.5. The fourth-order valence-corrected chi connectivity index (χ4v) is 3.36. The molecule has 0 bridgehead atoms. The number of nitrogens with zero attached hydrogens (tertiary/aromatic N) is 1. The van der Waals surface area contributed by atoms with Gasteiger partial charge in [-0.25, -0.2) is 0 Å². The van der Waals surface area contributed by atoms with Crippen LogP contribution in [0.5, 0.6) is 0 Å². The van der Waals surface area contributed by atoms with Gasteiger partial charge in [-0.1, -0.05) is 0 Å². The monoisotopic (exact) mass is 290 g/mol. The van der Waals surface area contributed by atoms with E-state index in [0.717, 1.165) is 39.4 Å². The number of nitrogens with one attached hydrogen (secondary N) is 1. The van der Waals surface area contributed by atoms with E-state index in [0.29, 0.717) is 37.4 Å². The van der Waals surface area contributed by atoms with Gasteiger partial charge in [0.25, 0.3) is 0 Å². The van der Waals surface area contributed by atoms with Crippen molar-refractivity contribution < 1.29 is 14.3 Å². The summed E-state index contributed by atoms with van der Waals surface area (Å²) in [5.41, 5.74) is 0. The molecular formula is C13H23ClN2O3. The van der Waals surface area contributed by atoms with Crippen LogP contribution in [0.15, 0.2) is 0 Å². The summed E-state index contributed by atoms with van der Waals surface area (Å²) in [4.78, 5) is 14.2. The van der Waals surface area contributed by atoms with Crippen LogP contribution in [-0.4, -0.2) is 63.4 Å². The minimum Gasteiger partial charge on any atom is -0.381 e. The number of hydrogen-bond donors (Lipinski definition) is 1. The van der Waals surface area contributed by atoms with Gasteiger partial charge in [0.1, 0.15) is 0 Å². The summed E-state index contributed by atoms with van der Waals surface area (Å²) in [5.74, 6) is 1.92. The lowest BCUT2D eigenvalue weighted by Crippen LogP contribution is -2.44. The standard InChI is InChI=1S/C13H22N2O3.ClH/c16-13(15-1-3-17-4-2-15)5-10-8-18-9-11-6-14-7-12(10)11;/h10-12,14H,1-9H2;1H/t10-,11-,12+;/m1./s1. The summed E-state index contributed by atoms with van der Waals surface area (Å²) in [6.07, 6.45) is 0.642. The highest BCUT2D eigenvalue weighted by Crippen LogP contribution is 2.32. The van der Waals surface area contributed by atoms with E-state index in [1.807, 2.05) is 4.90 Å². The predicted molar refractivity (Wildman–Crippen MR) is 73.4 cm³/mol. The Hall–Kier alpha value is -0.360. The summed E-state index contributed by atoms with van der Waals surface area (Å²) in [6.45, 7) is 6.57. The van der Waals surface area contributed by atoms with Crippen LogP contribution in [0.1, 0.15) is 6.42 Å². The molecule has 0 unspecified atom stereocenters. The Labute approximate surface area is 120 Å². The first-order chi connectivity index (χ1) is 8.84. The van der Waals surface area contributed by atoms with E-state index in [-0.39, 0.29) is 18.3 Å². The summed E-state index contributed by atoms with van der Waals surface area (Å²) in [6, 6.07) is 0. The van der Waals surface area contributed by atoms with E-state index in [2.05, 4.69) is 5.32 Å². The van der Waals surface area contributed by atoms with E-state index < -0.39 is 0 Å². The summed E-state index contributed by atoms with van der Waals surface area (Å²) < 4.78 is 10.9. The minimum atomic E-state index is 0. The lowest BCUT2D eigenvalue weighted by molar-refractivity contribution is -0.138. The number of carbonyl (C=O) groups is 1. The summed E-state index contributed by atoms with van der Waals surface area (Å²) in [7, 11) is 0. The molecule has 3 heterocycles. The molecule has 1 N–H and O–H groups in total. The highest BCUT2D eigenvalue weighted by Gasteiger charge is 2.38. The second kappa shape index (κ2) is 6.88. The molecule has 3 fully saturated rings. The number of rotatable bonds is 2. The van der Waals surface area contributed by atoms with Crippen LogP contribution in [0.25, 0.3) is 0 Å². The van der Waals surface area contributed by atoms with Gasteiger partial charge in [-0.05, 0) is 24.3 Å². The Morgan fingerprint density at radius 3 is 2.74 bits per heavy atom. The Kier molecular flexibility index (Phi) is 5.45. The fourth-order valence-electron chi connectivity index (χ4n) is 3.36. The van der Waals surface area contributed by atoms with Crippen molar-refractivity contribution in [2.24, 2.45) is 17.8 Å². The highest BCUT2D eigenvalue weighted by atomic mass is 35.5. The molecule has 3 atom stereocenters. The molecule has 19 heavy (non-hydrogen) atoms. The first-order valence-electron chi connectivity index (χ1n) is 6.98. The largest absolute Gasteiger partial charge is 0.381 e. The average molecular weight is 291 g/mol. The Bertz CT molecular complexity index is 310. The molecular weight excluding hydrogens is 268 g/mol. The van der Waals surface area contributed by atoms with Crippen LogP contribution in [0.4, 0.5) is 0 Å². The number of fused-ring (bicyclic) bond motifs is 1. The number of ether oxygens (including phenoxy) is 2. The third kappa shape index (κ3) is 3.40. The van der Waals surface area contributed by atoms with E-state index in [9.17, 15) is 4.79 Å². The zero-order valence-electron chi connectivity index (χ0n) is 11.2. The summed E-state index contributed by atoms with van der Waals surface area (Å²) >= 11 is 0. The molecule has 3 saturated heterocycles. The first-order valence-corrected chi connectivity index (χ1v) is 6.98. The molecule has 3 aliphatic heterocycles. The zero-order chi connectivity index (χ0) is 12.4. The number of amides is 1. The molecule has 0 aromatic carbocycles. The Balaban J connectivity index is 0.00000133. The number of halogens is 1. The molecule has 6 heteroatoms. The van der Waals surface area contributed by atoms with Crippen LogP contribution >= 0.6 is 12.4 Å². The van der Waals surface area contributed by atoms with Crippen LogP contribution in [-0.2, 0) is 14.3 Å². The van der Waals surface area contributed by atoms with Crippen molar-refractivity contribution in [3.63, 3.8) is 0 Å². The number of carbonyl (C=O) groups excluding carboxylic acids is 1. The van der Waals surface area contributed by atoms with Crippen molar-refractivity contribution in [1.82, 2.24) is 10.2 Å². The Morgan fingerprint density at radius 1 is 1.16 bits per heavy atom. The van der Waals surface area contributed by atoms with E-state index in [1.165, 1.54) is 0 Å². The fraction of sp³-hybridized carbons (Fsp3) is 0.923. The van der Waals surface area contributed by atoms with Gasteiger partial charge in [0.05, 0.1) is 26.4 Å². The van der Waals surface area contributed by atoms with Gasteiger partial charge in [0, 0.05) is 26.1 Å². The SMILES string of the molecule is Cl.O=C(C[C@@H]1COC[C@H]2CNC[C@H]21)N1CCOCC1. The third-order valence-corrected chi connectivity index (χ3v) is 4.46. The van der Waals surface area contributed by atoms with Gasteiger partial charge in [0.15, 0.2) is 0 Å². The average Bonchev–Trinajstić information content (AvgIpc) is 2.89. The van der Waals surface area contributed by atoms with Crippen LogP contribution < -0.4 is 5.32 Å². The predicted octanol–water partition coefficient (Wildman–Crippen LogP) is 0.139. The van der Waals surface area contributed by atoms with Gasteiger partial charge in [-0.2, -0.15) is 0 Å². The minimum absolute atomic E-state index is 0. The zero-order valence-corrected chi connectivity index (χ0v) is 12.0. The molecule has 110 valence electrons. The molecule has 0 spiro atoms. The summed E-state index contributed by atoms with van der Waals surface area (Å²) in [5, 5.41) is 3.42. The van der Waals surface area contributed by atoms with E-state index in [4.69, 9.17) is 9.47 Å². The van der Waals surface area contributed by atoms with Crippen LogP contribution in [0, 0.1) is 17.8 Å². The number of morpholine rings is 1. The molecule has 0 radical (unpaired) electrons. The first kappa shape index (κ1) is 15.0. The van der Waals surface area contributed by atoms with Gasteiger partial charge in [0.2, 0.25) is 5.91 Å². The van der Waals surface area contributed by atoms with Crippen molar-refractivity contribution in [1.29, 1.82) is 0 Å².